The van der Waals surface area contributed by atoms with E-state index in [0.717, 1.165) is 115 Å². The topological polar surface area (TPSA) is 280 Å². The largest absolute Gasteiger partial charge is 0.493 e. The number of hydrogen-bond donors (Lipinski definition) is 5. The van der Waals surface area contributed by atoms with Crippen molar-refractivity contribution in [3.8, 4) is 28.4 Å². The number of halogens is 1. The number of nitrogens with zero attached hydrogens (tertiary/aromatic N) is 6. The molecule has 0 radical (unpaired) electrons. The summed E-state index contributed by atoms with van der Waals surface area (Å²) >= 11 is 6.39. The molecule has 4 fully saturated rings. The van der Waals surface area contributed by atoms with Crippen molar-refractivity contribution in [3.05, 3.63) is 159 Å². The number of fused-ring (bicyclic) bond motifs is 2. The lowest BCUT2D eigenvalue weighted by Gasteiger charge is -2.37. The van der Waals surface area contributed by atoms with Crippen LogP contribution in [0, 0.1) is 22.0 Å². The number of benzene rings is 5. The molecule has 7 aromatic rings. The number of sulfonamides is 1. The predicted octanol–water partition coefficient (Wildman–Crippen LogP) is 10.0. The van der Waals surface area contributed by atoms with Crippen LogP contribution in [0.2, 0.25) is 5.02 Å². The van der Waals surface area contributed by atoms with Crippen LogP contribution in [0.5, 0.6) is 17.2 Å². The number of likely N-dealkylation sites (tertiary alicyclic amines) is 1. The van der Waals surface area contributed by atoms with Crippen LogP contribution in [0.4, 0.5) is 22.7 Å². The Kier molecular flexibility index (Phi) is 20.0. The highest BCUT2D eigenvalue weighted by atomic mass is 35.5. The number of piperazine rings is 1. The van der Waals surface area contributed by atoms with E-state index in [1.54, 1.807) is 42.6 Å². The summed E-state index contributed by atoms with van der Waals surface area (Å²) in [6, 6.07) is 30.3. The fraction of sp³-hybridized carbons (Fsp3) is 0.382. The number of nitro benzene ring substituents is 1. The molecule has 5 N–H and O–H groups in total. The molecule has 93 heavy (non-hydrogen) atoms. The van der Waals surface area contributed by atoms with Crippen LogP contribution in [-0.4, -0.2) is 152 Å². The minimum absolute atomic E-state index is 0.0670. The number of hydrogen-bond acceptors (Lipinski definition) is 18. The van der Waals surface area contributed by atoms with Crippen molar-refractivity contribution in [2.45, 2.75) is 81.7 Å². The Labute approximate surface area is 543 Å². The molecular weight excluding hydrogens is 1230 g/mol. The van der Waals surface area contributed by atoms with E-state index in [9.17, 15) is 42.5 Å². The van der Waals surface area contributed by atoms with Gasteiger partial charge in [0.1, 0.15) is 34.6 Å². The number of aromatic nitrogens is 2. The van der Waals surface area contributed by atoms with Crippen LogP contribution in [-0.2, 0) is 30.9 Å². The van der Waals surface area contributed by atoms with E-state index in [2.05, 4.69) is 57.5 Å². The lowest BCUT2D eigenvalue weighted by Crippen LogP contribution is -2.54. The molecular formula is C68H74ClN11O12S. The number of imide groups is 2. The van der Waals surface area contributed by atoms with Gasteiger partial charge in [0.15, 0.2) is 0 Å². The van der Waals surface area contributed by atoms with Gasteiger partial charge in [-0.3, -0.25) is 49.2 Å². The minimum atomic E-state index is -4.62. The van der Waals surface area contributed by atoms with Crippen molar-refractivity contribution in [1.29, 1.82) is 0 Å². The van der Waals surface area contributed by atoms with Gasteiger partial charge in [0, 0.05) is 111 Å². The third kappa shape index (κ3) is 15.1. The van der Waals surface area contributed by atoms with Gasteiger partial charge in [-0.05, 0) is 154 Å². The van der Waals surface area contributed by atoms with Crippen molar-refractivity contribution >= 4 is 84.9 Å². The first-order valence-electron chi connectivity index (χ1n) is 31.8. The second kappa shape index (κ2) is 28.9. The van der Waals surface area contributed by atoms with Gasteiger partial charge in [0.2, 0.25) is 11.8 Å². The fourth-order valence-electron chi connectivity index (χ4n) is 12.9. The first kappa shape index (κ1) is 64.2. The number of amides is 5. The van der Waals surface area contributed by atoms with Gasteiger partial charge in [0.25, 0.3) is 33.4 Å². The summed E-state index contributed by atoms with van der Waals surface area (Å²) in [6.45, 7) is 9.09. The van der Waals surface area contributed by atoms with Gasteiger partial charge in [-0.25, -0.2) is 18.1 Å². The van der Waals surface area contributed by atoms with Crippen LogP contribution < -0.4 is 35.0 Å². The molecule has 5 aromatic carbocycles. The highest BCUT2D eigenvalue weighted by molar-refractivity contribution is 7.90. The lowest BCUT2D eigenvalue weighted by molar-refractivity contribution is -0.384. The first-order chi connectivity index (χ1) is 45.1. The molecule has 0 saturated carbocycles. The van der Waals surface area contributed by atoms with Crippen molar-refractivity contribution in [3.63, 3.8) is 0 Å². The van der Waals surface area contributed by atoms with Crippen LogP contribution in [0.3, 0.4) is 0 Å². The average Bonchev–Trinajstić information content (AvgIpc) is 1.63. The second-order valence-electron chi connectivity index (χ2n) is 24.3. The average molecular weight is 1300 g/mol. The third-order valence-electron chi connectivity index (χ3n) is 18.2. The maximum atomic E-state index is 14.2. The molecule has 0 aliphatic carbocycles. The van der Waals surface area contributed by atoms with Crippen molar-refractivity contribution in [2.75, 3.05) is 94.3 Å². The zero-order valence-corrected chi connectivity index (χ0v) is 53.0. The molecule has 5 aliphatic heterocycles. The number of carbonyl (C=O) groups is 5. The van der Waals surface area contributed by atoms with Gasteiger partial charge >= 0.3 is 0 Å². The molecule has 25 heteroatoms. The van der Waals surface area contributed by atoms with Crippen LogP contribution in [0.25, 0.3) is 22.2 Å². The molecule has 23 nitrogen and oxygen atoms in total. The summed E-state index contributed by atoms with van der Waals surface area (Å²) in [5.74, 6) is -1.20. The zero-order chi connectivity index (χ0) is 64.6. The Morgan fingerprint density at radius 1 is 0.763 bits per heavy atom. The minimum Gasteiger partial charge on any atom is -0.493 e. The van der Waals surface area contributed by atoms with E-state index in [1.807, 2.05) is 36.4 Å². The number of ether oxygens (including phenoxy) is 3. The van der Waals surface area contributed by atoms with Crippen molar-refractivity contribution in [1.82, 2.24) is 34.7 Å². The van der Waals surface area contributed by atoms with Gasteiger partial charge in [-0.15, -0.1) is 0 Å². The lowest BCUT2D eigenvalue weighted by atomic mass is 9.96. The number of nitrogens with one attached hydrogen (secondary N) is 5. The second-order valence-corrected chi connectivity index (χ2v) is 26.5. The summed E-state index contributed by atoms with van der Waals surface area (Å²) in [6.07, 6.45) is 11.1. The Bertz CT molecular complexity index is 4050. The number of pyridine rings is 1. The number of anilines is 3. The van der Waals surface area contributed by atoms with Gasteiger partial charge in [-0.1, -0.05) is 54.8 Å². The maximum Gasteiger partial charge on any atom is 0.293 e. The highest BCUT2D eigenvalue weighted by Crippen LogP contribution is 2.38. The molecule has 7 heterocycles. The molecule has 2 aromatic heterocycles. The predicted molar refractivity (Wildman–Crippen MR) is 351 cm³/mol. The van der Waals surface area contributed by atoms with E-state index in [-0.39, 0.29) is 46.9 Å². The quantitative estimate of drug-likeness (QED) is 0.0154. The molecule has 12 rings (SSSR count). The number of carbonyl (C=O) groups excluding carboxylic acids is 5. The summed E-state index contributed by atoms with van der Waals surface area (Å²) in [5, 5.41) is 22.3. The van der Waals surface area contributed by atoms with Crippen LogP contribution in [0.15, 0.2) is 126 Å². The molecule has 4 saturated heterocycles. The summed E-state index contributed by atoms with van der Waals surface area (Å²) in [4.78, 5) is 92.0. The van der Waals surface area contributed by atoms with E-state index < -0.39 is 61.1 Å². The van der Waals surface area contributed by atoms with E-state index in [4.69, 9.17) is 25.8 Å². The Morgan fingerprint density at radius 3 is 2.32 bits per heavy atom. The maximum absolute atomic E-state index is 14.2. The van der Waals surface area contributed by atoms with Crippen LogP contribution in [0.1, 0.15) is 101 Å². The Balaban J connectivity index is 0.645. The van der Waals surface area contributed by atoms with Crippen molar-refractivity contribution < 1.29 is 51.5 Å². The third-order valence-corrected chi connectivity index (χ3v) is 19.8. The fourth-order valence-corrected chi connectivity index (χ4v) is 14.0. The monoisotopic (exact) mass is 1300 g/mol. The summed E-state index contributed by atoms with van der Waals surface area (Å²) < 4.78 is 48.5. The van der Waals surface area contributed by atoms with E-state index in [1.165, 1.54) is 24.4 Å². The van der Waals surface area contributed by atoms with Gasteiger partial charge in [-0.2, -0.15) is 0 Å². The first-order valence-corrected chi connectivity index (χ1v) is 33.7. The molecule has 1 unspecified atom stereocenters. The van der Waals surface area contributed by atoms with E-state index >= 15 is 0 Å². The summed E-state index contributed by atoms with van der Waals surface area (Å²) in [5.41, 5.74) is 5.30. The summed E-state index contributed by atoms with van der Waals surface area (Å²) in [7, 11) is -4.62. The van der Waals surface area contributed by atoms with E-state index in [0.29, 0.717) is 93.7 Å². The number of rotatable bonds is 25. The normalized spacial score (nSPS) is 17.8. The molecule has 5 amide bonds. The molecule has 5 aliphatic rings. The number of aromatic amines is 1. The number of unbranched alkanes of at least 4 members (excludes halogenated alkanes) is 3. The molecule has 0 spiro atoms. The Hall–Kier alpha value is -8.94. The highest BCUT2D eigenvalue weighted by Gasteiger charge is 2.46. The zero-order valence-electron chi connectivity index (χ0n) is 51.4. The van der Waals surface area contributed by atoms with Gasteiger partial charge in [0.05, 0.1) is 39.3 Å². The SMILES string of the molecule is O=C1CCC(N2C(=O)c3cccc(NCCCCCCN4CCC(COc5cccc(-c6ccc(Cl)cc6)c5CN5CCN(c6ccc(C(=O)NS(=O)(=O)c7ccc(NCC8CCOCC8)c([N+](=O)[O-])c7)c(Oc7cnc8[nH]ccc8c7)c6)CC5)CC4)c3C2=O)C(=O)N1. The number of H-pyrrole nitrogens is 1. The van der Waals surface area contributed by atoms with Crippen LogP contribution >= 0.6 is 11.6 Å². The number of piperidine rings is 2. The van der Waals surface area contributed by atoms with Gasteiger partial charge < -0.3 is 39.6 Å². The molecule has 0 bridgehead atoms. The number of nitro groups is 1. The smallest absolute Gasteiger partial charge is 0.293 e. The molecule has 1 atom stereocenters. The van der Waals surface area contributed by atoms with Crippen molar-refractivity contribution in [2.24, 2.45) is 11.8 Å². The standard InChI is InChI=1S/C68H74ClN11O12S/c69-48-13-11-46(12-14-48)52-7-6-10-60(91-43-45-22-29-76(30-23-45)28-4-2-1-3-26-70-57-9-5-8-54-63(57)68(85)79(67(54)84)58-19-20-62(81)74-66(58)83)55(52)42-77-31-33-78(34-32-77)49-15-17-53(61(38-49)92-50-37-47-21-27-71-64(47)73-41-50)65(82)75-93(88,89)51-16-18-56(59(39-51)80(86)87)72-40-44-24-35-90-36-25-44/h5-18,21,27,37-39,41,44-45,58,70,72H,1-4,19-20,22-26,28-36,40,42-43H2,(H,71,73)(H,75,82)(H,74,81,83). The Morgan fingerprint density at radius 2 is 1.54 bits per heavy atom. The molecule has 486 valence electrons.